The molecule has 2 rings (SSSR count). The second-order valence-electron chi connectivity index (χ2n) is 4.96. The summed E-state index contributed by atoms with van der Waals surface area (Å²) in [7, 11) is 0. The number of aromatic hydroxyl groups is 1. The molecule has 2 N–H and O–H groups in total. The molecule has 0 fully saturated rings. The van der Waals surface area contributed by atoms with Gasteiger partial charge in [-0.15, -0.1) is 0 Å². The molecule has 0 heterocycles. The van der Waals surface area contributed by atoms with E-state index in [1.165, 1.54) is 5.56 Å². The van der Waals surface area contributed by atoms with E-state index in [-0.39, 0.29) is 12.1 Å². The molecule has 2 aromatic rings. The third-order valence-electron chi connectivity index (χ3n) is 3.52. The maximum Gasteiger partial charge on any atom is 0.120 e. The molecule has 106 valence electrons. The Balaban J connectivity index is 2.19. The third-order valence-corrected chi connectivity index (χ3v) is 4.02. The van der Waals surface area contributed by atoms with E-state index < -0.39 is 0 Å². The second kappa shape index (κ2) is 6.91. The van der Waals surface area contributed by atoms with Gasteiger partial charge in [0.05, 0.1) is 0 Å². The van der Waals surface area contributed by atoms with Crippen LogP contribution in [0.5, 0.6) is 5.75 Å². The van der Waals surface area contributed by atoms with Gasteiger partial charge in [-0.25, -0.2) is 0 Å². The minimum atomic E-state index is 0.128. The fourth-order valence-electron chi connectivity index (χ4n) is 2.37. The highest BCUT2D eigenvalue weighted by molar-refractivity contribution is 9.10. The molecule has 0 bridgehead atoms. The van der Waals surface area contributed by atoms with Crippen LogP contribution in [0.2, 0.25) is 0 Å². The fraction of sp³-hybridized carbons (Fsp3) is 0.294. The van der Waals surface area contributed by atoms with Crippen molar-refractivity contribution in [3.8, 4) is 5.75 Å². The Labute approximate surface area is 129 Å². The Morgan fingerprint density at radius 1 is 1.15 bits per heavy atom. The number of phenols is 1. The van der Waals surface area contributed by atoms with Gasteiger partial charge in [0.25, 0.3) is 0 Å². The Morgan fingerprint density at radius 2 is 1.85 bits per heavy atom. The van der Waals surface area contributed by atoms with Crippen molar-refractivity contribution in [1.82, 2.24) is 5.32 Å². The van der Waals surface area contributed by atoms with Gasteiger partial charge in [0.15, 0.2) is 0 Å². The van der Waals surface area contributed by atoms with Crippen molar-refractivity contribution in [3.05, 3.63) is 64.1 Å². The van der Waals surface area contributed by atoms with Crippen molar-refractivity contribution in [1.29, 1.82) is 0 Å². The predicted octanol–water partition coefficient (Wildman–Crippen LogP) is 4.96. The van der Waals surface area contributed by atoms with Crippen molar-refractivity contribution in [2.24, 2.45) is 0 Å². The summed E-state index contributed by atoms with van der Waals surface area (Å²) >= 11 is 3.47. The molecule has 0 radical (unpaired) electrons. The van der Waals surface area contributed by atoms with E-state index in [1.54, 1.807) is 6.07 Å². The average molecular weight is 334 g/mol. The zero-order valence-corrected chi connectivity index (χ0v) is 13.4. The van der Waals surface area contributed by atoms with E-state index in [0.29, 0.717) is 5.75 Å². The monoisotopic (exact) mass is 333 g/mol. The van der Waals surface area contributed by atoms with Gasteiger partial charge in [0, 0.05) is 22.1 Å². The highest BCUT2D eigenvalue weighted by Crippen LogP contribution is 2.31. The summed E-state index contributed by atoms with van der Waals surface area (Å²) in [6.45, 7) is 4.27. The van der Waals surface area contributed by atoms with Crippen LogP contribution in [-0.4, -0.2) is 5.11 Å². The van der Waals surface area contributed by atoms with Crippen LogP contribution in [0.3, 0.4) is 0 Å². The number of rotatable bonds is 5. The lowest BCUT2D eigenvalue weighted by Crippen LogP contribution is -2.24. The number of hydrogen-bond acceptors (Lipinski definition) is 2. The second-order valence-corrected chi connectivity index (χ2v) is 5.88. The van der Waals surface area contributed by atoms with Gasteiger partial charge in [-0.2, -0.15) is 0 Å². The number of benzene rings is 2. The van der Waals surface area contributed by atoms with Crippen molar-refractivity contribution in [2.45, 2.75) is 32.4 Å². The summed E-state index contributed by atoms with van der Waals surface area (Å²) in [6.07, 6.45) is 0.918. The van der Waals surface area contributed by atoms with Gasteiger partial charge in [-0.1, -0.05) is 53.2 Å². The maximum absolute atomic E-state index is 10.1. The third kappa shape index (κ3) is 3.62. The Kier molecular flexibility index (Phi) is 5.21. The Bertz CT molecular complexity index is 556. The Morgan fingerprint density at radius 3 is 2.50 bits per heavy atom. The summed E-state index contributed by atoms with van der Waals surface area (Å²) < 4.78 is 0.984. The molecule has 2 nitrogen and oxygen atoms in total. The van der Waals surface area contributed by atoms with Gasteiger partial charge < -0.3 is 10.4 Å². The van der Waals surface area contributed by atoms with E-state index in [9.17, 15) is 5.11 Å². The summed E-state index contributed by atoms with van der Waals surface area (Å²) in [5.41, 5.74) is 2.19. The minimum Gasteiger partial charge on any atom is -0.508 e. The van der Waals surface area contributed by atoms with Crippen LogP contribution in [0.25, 0.3) is 0 Å². The van der Waals surface area contributed by atoms with Crippen LogP contribution in [0.1, 0.15) is 43.5 Å². The normalized spacial score (nSPS) is 13.9. The molecule has 0 saturated heterocycles. The SMILES string of the molecule is CCC(N[C@@H](C)c1ccccc1)c1cc(Br)ccc1O. The summed E-state index contributed by atoms with van der Waals surface area (Å²) in [6, 6.07) is 16.3. The van der Waals surface area contributed by atoms with Crippen molar-refractivity contribution < 1.29 is 5.11 Å². The smallest absolute Gasteiger partial charge is 0.120 e. The molecule has 2 atom stereocenters. The largest absolute Gasteiger partial charge is 0.508 e. The molecule has 0 aromatic heterocycles. The van der Waals surface area contributed by atoms with Gasteiger partial charge in [-0.05, 0) is 37.1 Å². The quantitative estimate of drug-likeness (QED) is 0.810. The maximum atomic E-state index is 10.1. The van der Waals surface area contributed by atoms with Gasteiger partial charge >= 0.3 is 0 Å². The molecule has 0 aliphatic carbocycles. The average Bonchev–Trinajstić information content (AvgIpc) is 2.48. The minimum absolute atomic E-state index is 0.128. The van der Waals surface area contributed by atoms with Crippen molar-refractivity contribution in [3.63, 3.8) is 0 Å². The topological polar surface area (TPSA) is 32.3 Å². The van der Waals surface area contributed by atoms with E-state index in [4.69, 9.17) is 0 Å². The number of nitrogens with one attached hydrogen (secondary N) is 1. The molecule has 0 saturated carbocycles. The summed E-state index contributed by atoms with van der Waals surface area (Å²) in [5, 5.41) is 13.6. The molecule has 2 aromatic carbocycles. The Hall–Kier alpha value is -1.32. The highest BCUT2D eigenvalue weighted by Gasteiger charge is 2.17. The first kappa shape index (κ1) is 15.1. The molecular formula is C17H20BrNO. The number of phenolic OH excluding ortho intramolecular Hbond substituents is 1. The van der Waals surface area contributed by atoms with Crippen LogP contribution in [0.4, 0.5) is 0 Å². The van der Waals surface area contributed by atoms with Crippen LogP contribution >= 0.6 is 15.9 Å². The van der Waals surface area contributed by atoms with Crippen LogP contribution in [0.15, 0.2) is 53.0 Å². The van der Waals surface area contributed by atoms with Crippen LogP contribution in [-0.2, 0) is 0 Å². The molecule has 20 heavy (non-hydrogen) atoms. The van der Waals surface area contributed by atoms with E-state index >= 15 is 0 Å². The zero-order valence-electron chi connectivity index (χ0n) is 11.8. The lowest BCUT2D eigenvalue weighted by Gasteiger charge is -2.24. The fourth-order valence-corrected chi connectivity index (χ4v) is 2.75. The highest BCUT2D eigenvalue weighted by atomic mass is 79.9. The summed E-state index contributed by atoms with van der Waals surface area (Å²) in [4.78, 5) is 0. The van der Waals surface area contributed by atoms with Crippen molar-refractivity contribution >= 4 is 15.9 Å². The molecule has 0 amide bonds. The number of hydrogen-bond donors (Lipinski definition) is 2. The lowest BCUT2D eigenvalue weighted by molar-refractivity contribution is 0.419. The van der Waals surface area contributed by atoms with E-state index in [0.717, 1.165) is 16.5 Å². The molecular weight excluding hydrogens is 314 g/mol. The molecule has 3 heteroatoms. The van der Waals surface area contributed by atoms with Crippen LogP contribution < -0.4 is 5.32 Å². The molecule has 0 aliphatic heterocycles. The van der Waals surface area contributed by atoms with E-state index in [2.05, 4.69) is 47.2 Å². The summed E-state index contributed by atoms with van der Waals surface area (Å²) in [5.74, 6) is 0.341. The predicted molar refractivity (Wildman–Crippen MR) is 86.8 cm³/mol. The molecule has 0 spiro atoms. The van der Waals surface area contributed by atoms with E-state index in [1.807, 2.05) is 30.3 Å². The lowest BCUT2D eigenvalue weighted by atomic mass is 10.0. The first-order chi connectivity index (χ1) is 9.61. The first-order valence-corrected chi connectivity index (χ1v) is 7.70. The standard InChI is InChI=1S/C17H20BrNO/c1-3-16(15-11-14(18)9-10-17(15)20)19-12(2)13-7-5-4-6-8-13/h4-12,16,19-20H,3H2,1-2H3/t12-,16?/m0/s1. The zero-order chi connectivity index (χ0) is 14.5. The van der Waals surface area contributed by atoms with Gasteiger partial charge in [0.2, 0.25) is 0 Å². The molecule has 0 aliphatic rings. The van der Waals surface area contributed by atoms with Crippen LogP contribution in [0, 0.1) is 0 Å². The van der Waals surface area contributed by atoms with Gasteiger partial charge in [-0.3, -0.25) is 0 Å². The van der Waals surface area contributed by atoms with Crippen molar-refractivity contribution in [2.75, 3.05) is 0 Å². The molecule has 1 unspecified atom stereocenters. The number of halogens is 1. The first-order valence-electron chi connectivity index (χ1n) is 6.91. The van der Waals surface area contributed by atoms with Gasteiger partial charge in [0.1, 0.15) is 5.75 Å².